The van der Waals surface area contributed by atoms with Gasteiger partial charge in [-0.25, -0.2) is 0 Å². The zero-order valence-corrected chi connectivity index (χ0v) is 10.6. The van der Waals surface area contributed by atoms with E-state index in [1.165, 1.54) is 6.20 Å². The van der Waals surface area contributed by atoms with Gasteiger partial charge in [0.2, 0.25) is 0 Å². The summed E-state index contributed by atoms with van der Waals surface area (Å²) >= 11 is 0. The number of fused-ring (bicyclic) bond motifs is 1. The second kappa shape index (κ2) is 4.90. The molecule has 0 unspecified atom stereocenters. The molecule has 0 aliphatic carbocycles. The van der Waals surface area contributed by atoms with Crippen molar-refractivity contribution in [2.24, 2.45) is 0 Å². The van der Waals surface area contributed by atoms with Gasteiger partial charge in [-0.15, -0.1) is 0 Å². The van der Waals surface area contributed by atoms with E-state index < -0.39 is 11.9 Å². The molecule has 0 saturated carbocycles. The Morgan fingerprint density at radius 3 is 2.80 bits per heavy atom. The van der Waals surface area contributed by atoms with Gasteiger partial charge in [0.1, 0.15) is 5.69 Å². The van der Waals surface area contributed by atoms with E-state index in [1.807, 2.05) is 18.2 Å². The highest BCUT2D eigenvalue weighted by molar-refractivity contribution is 5.69. The molecular weight excluding hydrogens is 267 g/mol. The number of aromatic nitrogens is 1. The molecule has 0 bridgehead atoms. The minimum atomic E-state index is -4.43. The molecule has 104 valence electrons. The summed E-state index contributed by atoms with van der Waals surface area (Å²) in [5.41, 5.74) is 2.55. The van der Waals surface area contributed by atoms with Crippen molar-refractivity contribution in [3.8, 4) is 11.1 Å². The van der Waals surface area contributed by atoms with Crippen molar-refractivity contribution in [2.75, 3.05) is 6.61 Å². The fourth-order valence-corrected chi connectivity index (χ4v) is 2.42. The second-order valence-corrected chi connectivity index (χ2v) is 4.67. The van der Waals surface area contributed by atoms with Crippen molar-refractivity contribution in [2.45, 2.75) is 19.2 Å². The number of hydrogen-bond acceptors (Lipinski definition) is 2. The van der Waals surface area contributed by atoms with Gasteiger partial charge in [0.05, 0.1) is 13.2 Å². The average Bonchev–Trinajstić information content (AvgIpc) is 2.46. The highest BCUT2D eigenvalue weighted by atomic mass is 19.4. The molecule has 1 aliphatic heterocycles. The Morgan fingerprint density at radius 2 is 2.00 bits per heavy atom. The molecule has 2 nitrogen and oxygen atoms in total. The monoisotopic (exact) mass is 279 g/mol. The molecular formula is C15H12F3NO. The molecule has 0 radical (unpaired) electrons. The van der Waals surface area contributed by atoms with Crippen LogP contribution in [-0.2, 0) is 23.9 Å². The minimum absolute atomic E-state index is 0.440. The third-order valence-electron chi connectivity index (χ3n) is 3.40. The number of halogens is 3. The van der Waals surface area contributed by atoms with Crippen LogP contribution in [0.4, 0.5) is 13.2 Å². The summed E-state index contributed by atoms with van der Waals surface area (Å²) in [4.78, 5) is 3.39. The van der Waals surface area contributed by atoms with Crippen molar-refractivity contribution in [3.63, 3.8) is 0 Å². The van der Waals surface area contributed by atoms with Crippen molar-refractivity contribution in [3.05, 3.63) is 53.3 Å². The Kier molecular flexibility index (Phi) is 3.22. The third kappa shape index (κ3) is 2.41. The van der Waals surface area contributed by atoms with Crippen LogP contribution >= 0.6 is 0 Å². The van der Waals surface area contributed by atoms with Crippen molar-refractivity contribution in [1.29, 1.82) is 0 Å². The first kappa shape index (κ1) is 13.1. The summed E-state index contributed by atoms with van der Waals surface area (Å²) in [6.45, 7) is 1.09. The Labute approximate surface area is 114 Å². The largest absolute Gasteiger partial charge is 0.433 e. The maximum Gasteiger partial charge on any atom is 0.433 e. The number of ether oxygens (including phenoxy) is 1. The molecule has 20 heavy (non-hydrogen) atoms. The topological polar surface area (TPSA) is 22.1 Å². The zero-order chi connectivity index (χ0) is 14.2. The summed E-state index contributed by atoms with van der Waals surface area (Å²) in [5.74, 6) is 0. The lowest BCUT2D eigenvalue weighted by Gasteiger charge is -2.20. The van der Waals surface area contributed by atoms with Gasteiger partial charge >= 0.3 is 6.18 Å². The first-order chi connectivity index (χ1) is 9.55. The Hall–Kier alpha value is -1.88. The molecule has 1 aliphatic rings. The van der Waals surface area contributed by atoms with Gasteiger partial charge in [-0.1, -0.05) is 18.2 Å². The van der Waals surface area contributed by atoms with E-state index in [1.54, 1.807) is 6.07 Å². The third-order valence-corrected chi connectivity index (χ3v) is 3.40. The molecule has 0 saturated heterocycles. The van der Waals surface area contributed by atoms with Gasteiger partial charge in [-0.3, -0.25) is 4.98 Å². The van der Waals surface area contributed by atoms with E-state index in [0.717, 1.165) is 29.2 Å². The van der Waals surface area contributed by atoms with Crippen LogP contribution in [0, 0.1) is 0 Å². The zero-order valence-electron chi connectivity index (χ0n) is 10.6. The predicted octanol–water partition coefficient (Wildman–Crippen LogP) is 3.84. The van der Waals surface area contributed by atoms with Crippen LogP contribution in [0.15, 0.2) is 36.5 Å². The Balaban J connectivity index is 2.10. The summed E-state index contributed by atoms with van der Waals surface area (Å²) in [6, 6.07) is 8.37. The minimum Gasteiger partial charge on any atom is -0.376 e. The number of rotatable bonds is 1. The second-order valence-electron chi connectivity index (χ2n) is 4.67. The van der Waals surface area contributed by atoms with Crippen LogP contribution in [0.2, 0.25) is 0 Å². The quantitative estimate of drug-likeness (QED) is 0.791. The molecule has 1 aromatic heterocycles. The number of benzene rings is 1. The molecule has 1 aromatic carbocycles. The number of pyridine rings is 1. The summed E-state index contributed by atoms with van der Waals surface area (Å²) in [5, 5.41) is 0. The number of hydrogen-bond donors (Lipinski definition) is 0. The fraction of sp³-hybridized carbons (Fsp3) is 0.267. The van der Waals surface area contributed by atoms with Crippen LogP contribution in [-0.4, -0.2) is 11.6 Å². The van der Waals surface area contributed by atoms with Crippen molar-refractivity contribution < 1.29 is 17.9 Å². The lowest BCUT2D eigenvalue weighted by molar-refractivity contribution is -0.141. The summed E-state index contributed by atoms with van der Waals surface area (Å²) in [6.07, 6.45) is -2.44. The van der Waals surface area contributed by atoms with Gasteiger partial charge in [-0.2, -0.15) is 13.2 Å². The molecule has 2 aromatic rings. The number of alkyl halides is 3. The maximum absolute atomic E-state index is 12.7. The normalized spacial score (nSPS) is 14.9. The summed E-state index contributed by atoms with van der Waals surface area (Å²) < 4.78 is 43.6. The first-order valence-electron chi connectivity index (χ1n) is 6.28. The van der Waals surface area contributed by atoms with Gasteiger partial charge in [-0.05, 0) is 40.8 Å². The molecule has 0 spiro atoms. The Morgan fingerprint density at radius 1 is 1.15 bits per heavy atom. The molecule has 0 amide bonds. The Bertz CT molecular complexity index is 637. The van der Waals surface area contributed by atoms with E-state index in [9.17, 15) is 13.2 Å². The van der Waals surface area contributed by atoms with Gasteiger partial charge in [0, 0.05) is 6.20 Å². The highest BCUT2D eigenvalue weighted by Crippen LogP contribution is 2.33. The number of nitrogens with zero attached hydrogens (tertiary/aromatic N) is 1. The predicted molar refractivity (Wildman–Crippen MR) is 68.0 cm³/mol. The van der Waals surface area contributed by atoms with Gasteiger partial charge in [0.15, 0.2) is 0 Å². The fourth-order valence-electron chi connectivity index (χ4n) is 2.42. The summed E-state index contributed by atoms with van der Waals surface area (Å²) in [7, 11) is 0. The van der Waals surface area contributed by atoms with Crippen LogP contribution in [0.25, 0.3) is 11.1 Å². The highest BCUT2D eigenvalue weighted by Gasteiger charge is 2.32. The van der Waals surface area contributed by atoms with E-state index in [0.29, 0.717) is 18.8 Å². The standard InChI is InChI=1S/C15H12F3NO/c16-15(17,18)14-8-11(4-6-19-14)12-3-1-2-10-5-7-20-9-13(10)12/h1-4,6,8H,5,7,9H2. The average molecular weight is 279 g/mol. The van der Waals surface area contributed by atoms with E-state index >= 15 is 0 Å². The van der Waals surface area contributed by atoms with E-state index in [4.69, 9.17) is 4.74 Å². The van der Waals surface area contributed by atoms with Gasteiger partial charge < -0.3 is 4.74 Å². The van der Waals surface area contributed by atoms with Crippen LogP contribution in [0.1, 0.15) is 16.8 Å². The maximum atomic E-state index is 12.7. The molecule has 5 heteroatoms. The van der Waals surface area contributed by atoms with Crippen LogP contribution < -0.4 is 0 Å². The SMILES string of the molecule is FC(F)(F)c1cc(-c2cccc3c2COCC3)ccn1. The van der Waals surface area contributed by atoms with Crippen molar-refractivity contribution in [1.82, 2.24) is 4.98 Å². The van der Waals surface area contributed by atoms with Crippen molar-refractivity contribution >= 4 is 0 Å². The smallest absolute Gasteiger partial charge is 0.376 e. The van der Waals surface area contributed by atoms with Crippen LogP contribution in [0.3, 0.4) is 0 Å². The first-order valence-corrected chi connectivity index (χ1v) is 6.28. The molecule has 0 N–H and O–H groups in total. The lowest BCUT2D eigenvalue weighted by Crippen LogP contribution is -2.11. The molecule has 0 fully saturated rings. The van der Waals surface area contributed by atoms with E-state index in [2.05, 4.69) is 4.98 Å². The molecule has 0 atom stereocenters. The van der Waals surface area contributed by atoms with E-state index in [-0.39, 0.29) is 0 Å². The molecule has 2 heterocycles. The lowest BCUT2D eigenvalue weighted by atomic mass is 9.93. The molecule has 3 rings (SSSR count). The van der Waals surface area contributed by atoms with Gasteiger partial charge in [0.25, 0.3) is 0 Å². The van der Waals surface area contributed by atoms with Crippen LogP contribution in [0.5, 0.6) is 0 Å².